The molecule has 2 aliphatic heterocycles. The van der Waals surface area contributed by atoms with Gasteiger partial charge in [-0.25, -0.2) is 17.6 Å². The van der Waals surface area contributed by atoms with Crippen molar-refractivity contribution in [3.8, 4) is 11.6 Å². The summed E-state index contributed by atoms with van der Waals surface area (Å²) in [5.41, 5.74) is -4.92. The molecular weight excluding hydrogens is 829 g/mol. The first-order valence-electron chi connectivity index (χ1n) is 20.3. The Morgan fingerprint density at radius 3 is 2.39 bits per heavy atom. The van der Waals surface area contributed by atoms with Crippen LogP contribution in [0.3, 0.4) is 0 Å². The molecule has 0 unspecified atom stereocenters. The minimum atomic E-state index is -5.12. The van der Waals surface area contributed by atoms with E-state index in [1.54, 1.807) is 55.4 Å². The highest BCUT2D eigenvalue weighted by Gasteiger charge is 2.64. The average molecular weight is 883 g/mol. The van der Waals surface area contributed by atoms with Crippen LogP contribution in [0.15, 0.2) is 36.4 Å². The molecule has 2 saturated carbocycles. The molecule has 3 fully saturated rings. The molecule has 1 aromatic heterocycles. The minimum Gasteiger partial charge on any atom is -0.497 e. The van der Waals surface area contributed by atoms with Crippen LogP contribution in [0.1, 0.15) is 72.6 Å². The van der Waals surface area contributed by atoms with E-state index in [-0.39, 0.29) is 48.8 Å². The summed E-state index contributed by atoms with van der Waals surface area (Å²) < 4.78 is 96.8. The second-order valence-electron chi connectivity index (χ2n) is 17.7. The number of benzene rings is 1. The topological polar surface area (TPSA) is 188 Å². The van der Waals surface area contributed by atoms with Crippen molar-refractivity contribution in [2.75, 3.05) is 39.3 Å². The molecule has 2 aliphatic carbocycles. The van der Waals surface area contributed by atoms with Crippen molar-refractivity contribution in [1.29, 1.82) is 0 Å². The van der Waals surface area contributed by atoms with Gasteiger partial charge in [0.2, 0.25) is 27.7 Å². The smallest absolute Gasteiger partial charge is 0.411 e. The van der Waals surface area contributed by atoms with Crippen LogP contribution in [0.25, 0.3) is 10.8 Å². The van der Waals surface area contributed by atoms with Gasteiger partial charge in [-0.1, -0.05) is 26.0 Å². The number of hydrogen-bond donors (Lipinski definition) is 3. The normalized spacial score (nSPS) is 28.6. The van der Waals surface area contributed by atoms with Gasteiger partial charge in [0.05, 0.1) is 13.7 Å². The first kappa shape index (κ1) is 45.6. The summed E-state index contributed by atoms with van der Waals surface area (Å²) in [6.45, 7) is 3.05. The van der Waals surface area contributed by atoms with Crippen molar-refractivity contribution < 1.29 is 59.7 Å². The number of nitrogens with one attached hydrogen (secondary N) is 2. The number of methoxy groups -OCH3 is 1. The molecule has 4 amide bonds. The van der Waals surface area contributed by atoms with E-state index in [2.05, 4.69) is 10.3 Å². The first-order chi connectivity index (χ1) is 28.4. The number of pyridine rings is 1. The monoisotopic (exact) mass is 882 g/mol. The van der Waals surface area contributed by atoms with E-state index in [9.17, 15) is 45.5 Å². The summed E-state index contributed by atoms with van der Waals surface area (Å²) in [6.07, 6.45) is -4.05. The van der Waals surface area contributed by atoms with Gasteiger partial charge in [-0.2, -0.15) is 18.2 Å². The van der Waals surface area contributed by atoms with Gasteiger partial charge in [-0.05, 0) is 93.9 Å². The molecule has 7 atom stereocenters. The molecule has 3 heterocycles. The fraction of sp³-hybridized carbons (Fsp3) is 0.634. The Labute approximate surface area is 352 Å². The lowest BCUT2D eigenvalue weighted by Crippen LogP contribution is -2.66. The number of carbonyl (C=O) groups excluding carboxylic acids is 3. The summed E-state index contributed by atoms with van der Waals surface area (Å²) in [6, 6.07) is 3.45. The Hall–Kier alpha value is -4.88. The van der Waals surface area contributed by atoms with Crippen LogP contribution in [-0.4, -0.2) is 127 Å². The van der Waals surface area contributed by atoms with Crippen LogP contribution in [0, 0.1) is 17.8 Å². The van der Waals surface area contributed by atoms with E-state index in [1.165, 1.54) is 14.0 Å². The van der Waals surface area contributed by atoms with Crippen LogP contribution >= 0.6 is 0 Å². The zero-order valence-electron chi connectivity index (χ0n) is 35.2. The summed E-state index contributed by atoms with van der Waals surface area (Å²) in [4.78, 5) is 64.2. The maximum atomic E-state index is 15.1. The number of allylic oxidation sites excluding steroid dienone is 1. The Kier molecular flexibility index (Phi) is 12.3. The maximum Gasteiger partial charge on any atom is 0.411 e. The Morgan fingerprint density at radius 2 is 1.80 bits per heavy atom. The lowest BCUT2D eigenvalue weighted by atomic mass is 9.85. The van der Waals surface area contributed by atoms with Gasteiger partial charge in [0, 0.05) is 31.8 Å². The van der Waals surface area contributed by atoms with Gasteiger partial charge in [-0.3, -0.25) is 24.0 Å². The second kappa shape index (κ2) is 16.4. The van der Waals surface area contributed by atoms with Gasteiger partial charge in [0.1, 0.15) is 52.3 Å². The summed E-state index contributed by atoms with van der Waals surface area (Å²) in [5, 5.41) is 14.4. The number of alkyl halides is 4. The second-order valence-corrected chi connectivity index (χ2v) is 19.8. The van der Waals surface area contributed by atoms with Gasteiger partial charge in [-0.15, -0.1) is 0 Å². The van der Waals surface area contributed by atoms with Crippen LogP contribution < -0.4 is 24.4 Å². The van der Waals surface area contributed by atoms with E-state index in [4.69, 9.17) is 9.47 Å². The van der Waals surface area contributed by atoms with Gasteiger partial charge < -0.3 is 29.7 Å². The third-order valence-corrected chi connectivity index (χ3v) is 14.8. The average Bonchev–Trinajstić information content (AvgIpc) is 4.08. The lowest BCUT2D eigenvalue weighted by Gasteiger charge is -2.45. The standard InChI is InChI=1S/C41H54F4N6O9S/c1-23-10-8-9-11-26-20-40(26,36(54)48-61(57,58)39(22-42)14-15-39)47-33(52)30-19-28(60-34-29-13-12-27(59-7)17-25(29)18-31(46-34)49(5)6)21-50(30)35(53)32(24(2)16-23)51(37(55)56)38(3,4)41(43,44)45/h9,11-13,17-18,23-24,26,28,30,32H,8,10,14-16,19-22H2,1-7H3,(H,47,52)(H,48,54)(H,55,56)/b11-9-/t23-,24+,26+,28+,30-,32-,40+/m0/s1. The maximum absolute atomic E-state index is 15.1. The summed E-state index contributed by atoms with van der Waals surface area (Å²) in [7, 11) is 0.502. The number of halogens is 4. The summed E-state index contributed by atoms with van der Waals surface area (Å²) >= 11 is 0. The van der Waals surface area contributed by atoms with E-state index in [0.717, 1.165) is 4.90 Å². The number of carbonyl (C=O) groups is 4. The van der Waals surface area contributed by atoms with E-state index in [0.29, 0.717) is 49.0 Å². The molecule has 336 valence electrons. The molecule has 1 saturated heterocycles. The zero-order chi connectivity index (χ0) is 45.0. The molecule has 0 radical (unpaired) electrons. The van der Waals surface area contributed by atoms with E-state index < -0.39 is 99.1 Å². The van der Waals surface area contributed by atoms with Crippen molar-refractivity contribution in [3.05, 3.63) is 36.4 Å². The van der Waals surface area contributed by atoms with Crippen LogP contribution in [-0.2, 0) is 24.4 Å². The SMILES string of the molecule is COc1ccc2c(O[C@@H]3C[C@H]4C(=O)N[C@]5(C(=O)NS(=O)(=O)C6(CF)CC6)C[C@H]5/C=C\CC[C@H](C)C[C@@H](C)[C@H](N(C(=O)O)C(C)(C)C(F)(F)F)C(=O)N4C3)nc(N(C)C)cc2c1. The fourth-order valence-corrected chi connectivity index (χ4v) is 9.96. The third-order valence-electron chi connectivity index (χ3n) is 12.7. The molecule has 0 bridgehead atoms. The minimum absolute atomic E-state index is 0.000749. The van der Waals surface area contributed by atoms with Gasteiger partial charge in [0.25, 0.3) is 5.91 Å². The highest BCUT2D eigenvalue weighted by Crippen LogP contribution is 2.48. The van der Waals surface area contributed by atoms with Crippen LogP contribution in [0.4, 0.5) is 28.2 Å². The number of ether oxygens (including phenoxy) is 2. The van der Waals surface area contributed by atoms with Crippen molar-refractivity contribution >= 4 is 50.4 Å². The molecule has 2 aromatic rings. The molecule has 6 rings (SSSR count). The zero-order valence-corrected chi connectivity index (χ0v) is 36.0. The van der Waals surface area contributed by atoms with Crippen LogP contribution in [0.2, 0.25) is 0 Å². The summed E-state index contributed by atoms with van der Waals surface area (Å²) in [5.74, 6) is -3.94. The van der Waals surface area contributed by atoms with Crippen LogP contribution in [0.5, 0.6) is 11.6 Å². The highest BCUT2D eigenvalue weighted by molar-refractivity contribution is 7.91. The highest BCUT2D eigenvalue weighted by atomic mass is 32.2. The Morgan fingerprint density at radius 1 is 1.11 bits per heavy atom. The molecule has 61 heavy (non-hydrogen) atoms. The number of nitrogens with zero attached hydrogens (tertiary/aromatic N) is 4. The number of anilines is 1. The molecule has 0 spiro atoms. The van der Waals surface area contributed by atoms with Gasteiger partial charge >= 0.3 is 12.3 Å². The lowest BCUT2D eigenvalue weighted by molar-refractivity contribution is -0.222. The van der Waals surface area contributed by atoms with Crippen molar-refractivity contribution in [2.24, 2.45) is 17.8 Å². The Bertz CT molecular complexity index is 2200. The largest absolute Gasteiger partial charge is 0.497 e. The number of carboxylic acid groups (broad SMARTS) is 1. The molecule has 20 heteroatoms. The number of hydrogen-bond acceptors (Lipinski definition) is 10. The number of sulfonamides is 1. The van der Waals surface area contributed by atoms with Crippen molar-refractivity contribution in [1.82, 2.24) is 24.8 Å². The number of fused-ring (bicyclic) bond motifs is 3. The predicted molar refractivity (Wildman–Crippen MR) is 216 cm³/mol. The molecule has 15 nitrogen and oxygen atoms in total. The molecular formula is C41H54F4N6O9S. The molecule has 3 N–H and O–H groups in total. The predicted octanol–water partition coefficient (Wildman–Crippen LogP) is 5.18. The fourth-order valence-electron chi connectivity index (χ4n) is 8.53. The van der Waals surface area contributed by atoms with E-state index in [1.807, 2.05) is 11.6 Å². The first-order valence-corrected chi connectivity index (χ1v) is 21.7. The Balaban J connectivity index is 1.45. The number of rotatable bonds is 10. The third kappa shape index (κ3) is 8.65. The molecule has 4 aliphatic rings. The van der Waals surface area contributed by atoms with Gasteiger partial charge in [0.15, 0.2) is 0 Å². The number of aromatic nitrogens is 1. The molecule has 1 aromatic carbocycles. The van der Waals surface area contributed by atoms with Crippen molar-refractivity contribution in [2.45, 2.75) is 113 Å². The quantitative estimate of drug-likeness (QED) is 0.211. The van der Waals surface area contributed by atoms with Crippen molar-refractivity contribution in [3.63, 3.8) is 0 Å². The van der Waals surface area contributed by atoms with E-state index >= 15 is 4.79 Å². The number of amides is 4.